The number of aromatic nitrogens is 1. The van der Waals surface area contributed by atoms with Crippen LogP contribution in [0.1, 0.15) is 52.4 Å². The third-order valence-corrected chi connectivity index (χ3v) is 5.18. The van der Waals surface area contributed by atoms with Gasteiger partial charge in [-0.15, -0.1) is 11.3 Å². The summed E-state index contributed by atoms with van der Waals surface area (Å²) in [6.07, 6.45) is 1.91. The van der Waals surface area contributed by atoms with Gasteiger partial charge in [-0.25, -0.2) is 0 Å². The molecule has 3 rings (SSSR count). The van der Waals surface area contributed by atoms with Gasteiger partial charge in [0, 0.05) is 13.5 Å². The predicted octanol–water partition coefficient (Wildman–Crippen LogP) is 3.06. The van der Waals surface area contributed by atoms with Gasteiger partial charge in [-0.05, 0) is 48.9 Å². The molecule has 1 fully saturated rings. The Hall–Kier alpha value is -2.21. The van der Waals surface area contributed by atoms with E-state index in [0.29, 0.717) is 6.54 Å². The van der Waals surface area contributed by atoms with Crippen LogP contribution in [0.25, 0.3) is 0 Å². The van der Waals surface area contributed by atoms with Gasteiger partial charge in [0.1, 0.15) is 0 Å². The van der Waals surface area contributed by atoms with Gasteiger partial charge in [-0.3, -0.25) is 14.6 Å². The van der Waals surface area contributed by atoms with Gasteiger partial charge >= 0.3 is 0 Å². The second-order valence-electron chi connectivity index (χ2n) is 6.11. The van der Waals surface area contributed by atoms with Crippen LogP contribution in [0.2, 0.25) is 0 Å². The molecule has 0 unspecified atom stereocenters. The van der Waals surface area contributed by atoms with Crippen molar-refractivity contribution in [3.63, 3.8) is 0 Å². The third-order valence-electron chi connectivity index (χ3n) is 4.14. The number of rotatable bonds is 4. The van der Waals surface area contributed by atoms with E-state index >= 15 is 0 Å². The van der Waals surface area contributed by atoms with Gasteiger partial charge in [-0.2, -0.15) is 0 Å². The van der Waals surface area contributed by atoms with Gasteiger partial charge in [0.2, 0.25) is 5.91 Å². The maximum absolute atomic E-state index is 12.8. The van der Waals surface area contributed by atoms with E-state index in [-0.39, 0.29) is 17.9 Å². The van der Waals surface area contributed by atoms with Crippen LogP contribution in [0, 0.1) is 6.92 Å². The molecule has 6 heteroatoms. The molecule has 0 saturated carbocycles. The molecule has 1 atom stereocenters. The van der Waals surface area contributed by atoms with Crippen LogP contribution in [0.5, 0.6) is 0 Å². The fourth-order valence-corrected chi connectivity index (χ4v) is 3.85. The van der Waals surface area contributed by atoms with E-state index in [2.05, 4.69) is 10.3 Å². The zero-order valence-electron chi connectivity index (χ0n) is 13.9. The molecule has 0 aromatic carbocycles. The number of pyridine rings is 1. The van der Waals surface area contributed by atoms with Gasteiger partial charge in [-0.1, -0.05) is 6.07 Å². The van der Waals surface area contributed by atoms with Crippen molar-refractivity contribution in [2.24, 2.45) is 0 Å². The summed E-state index contributed by atoms with van der Waals surface area (Å²) < 4.78 is 0. The fraction of sp³-hybridized carbons (Fsp3) is 0.389. The van der Waals surface area contributed by atoms with Crippen molar-refractivity contribution >= 4 is 23.2 Å². The van der Waals surface area contributed by atoms with E-state index in [1.165, 1.54) is 18.3 Å². The molecule has 1 aliphatic rings. The number of nitrogens with one attached hydrogen (secondary N) is 1. The Morgan fingerprint density at radius 2 is 2.25 bits per heavy atom. The quantitative estimate of drug-likeness (QED) is 0.928. The molecule has 2 aromatic rings. The molecule has 2 amide bonds. The summed E-state index contributed by atoms with van der Waals surface area (Å²) in [5.41, 5.74) is 2.83. The molecule has 0 spiro atoms. The maximum Gasteiger partial charge on any atom is 0.264 e. The summed E-state index contributed by atoms with van der Waals surface area (Å²) >= 11 is 1.50. The molecule has 0 aliphatic carbocycles. The number of hydrogen-bond donors (Lipinski definition) is 1. The highest BCUT2D eigenvalue weighted by Gasteiger charge is 2.32. The number of likely N-dealkylation sites (tertiary alicyclic amines) is 1. The van der Waals surface area contributed by atoms with Crippen LogP contribution in [0.3, 0.4) is 0 Å². The normalized spacial score (nSPS) is 17.1. The SMILES string of the molecule is CC(=O)NCc1cccc([C@H]2CCCN2C(=O)c2cc(C)cs2)n1. The number of nitrogens with zero attached hydrogens (tertiary/aromatic N) is 2. The van der Waals surface area contributed by atoms with Crippen molar-refractivity contribution in [1.82, 2.24) is 15.2 Å². The van der Waals surface area contributed by atoms with Crippen molar-refractivity contribution in [2.45, 2.75) is 39.3 Å². The smallest absolute Gasteiger partial charge is 0.264 e. The Morgan fingerprint density at radius 3 is 2.96 bits per heavy atom. The van der Waals surface area contributed by atoms with E-state index < -0.39 is 0 Å². The van der Waals surface area contributed by atoms with Gasteiger partial charge in [0.25, 0.3) is 5.91 Å². The van der Waals surface area contributed by atoms with Crippen LogP contribution in [0.15, 0.2) is 29.6 Å². The lowest BCUT2D eigenvalue weighted by Crippen LogP contribution is -2.30. The highest BCUT2D eigenvalue weighted by molar-refractivity contribution is 7.12. The Bertz CT molecular complexity index is 756. The van der Waals surface area contributed by atoms with E-state index in [1.807, 2.05) is 41.5 Å². The van der Waals surface area contributed by atoms with Crippen molar-refractivity contribution in [3.8, 4) is 0 Å². The number of thiophene rings is 1. The van der Waals surface area contributed by atoms with Crippen LogP contribution in [-0.4, -0.2) is 28.2 Å². The monoisotopic (exact) mass is 343 g/mol. The molecule has 1 saturated heterocycles. The van der Waals surface area contributed by atoms with Gasteiger partial charge in [0.15, 0.2) is 0 Å². The van der Waals surface area contributed by atoms with Gasteiger partial charge in [0.05, 0.1) is 28.9 Å². The number of carbonyl (C=O) groups excluding carboxylic acids is 2. The maximum atomic E-state index is 12.8. The molecule has 2 aromatic heterocycles. The van der Waals surface area contributed by atoms with Crippen LogP contribution in [0.4, 0.5) is 0 Å². The Morgan fingerprint density at radius 1 is 1.42 bits per heavy atom. The zero-order valence-corrected chi connectivity index (χ0v) is 14.7. The van der Waals surface area contributed by atoms with Gasteiger partial charge < -0.3 is 10.2 Å². The molecule has 126 valence electrons. The molecule has 24 heavy (non-hydrogen) atoms. The highest BCUT2D eigenvalue weighted by Crippen LogP contribution is 2.33. The predicted molar refractivity (Wildman–Crippen MR) is 93.8 cm³/mol. The first-order chi connectivity index (χ1) is 11.5. The van der Waals surface area contributed by atoms with E-state index in [1.54, 1.807) is 0 Å². The average Bonchev–Trinajstić information content (AvgIpc) is 3.21. The summed E-state index contributed by atoms with van der Waals surface area (Å²) in [5, 5.41) is 4.77. The number of amides is 2. The number of carbonyl (C=O) groups is 2. The summed E-state index contributed by atoms with van der Waals surface area (Å²) in [6, 6.07) is 7.76. The van der Waals surface area contributed by atoms with E-state index in [0.717, 1.165) is 41.2 Å². The molecule has 3 heterocycles. The first kappa shape index (κ1) is 16.6. The van der Waals surface area contributed by atoms with Crippen molar-refractivity contribution in [1.29, 1.82) is 0 Å². The van der Waals surface area contributed by atoms with Crippen molar-refractivity contribution in [2.75, 3.05) is 6.54 Å². The first-order valence-corrected chi connectivity index (χ1v) is 8.99. The summed E-state index contributed by atoms with van der Waals surface area (Å²) in [4.78, 5) is 31.2. The Labute approximate surface area is 145 Å². The minimum atomic E-state index is -0.0760. The topological polar surface area (TPSA) is 62.3 Å². The largest absolute Gasteiger partial charge is 0.351 e. The average molecular weight is 343 g/mol. The number of aryl methyl sites for hydroxylation is 1. The van der Waals surface area contributed by atoms with Crippen molar-refractivity contribution < 1.29 is 9.59 Å². The van der Waals surface area contributed by atoms with Crippen LogP contribution < -0.4 is 5.32 Å². The lowest BCUT2D eigenvalue weighted by atomic mass is 10.1. The van der Waals surface area contributed by atoms with Crippen LogP contribution in [-0.2, 0) is 11.3 Å². The molecular formula is C18H21N3O2S. The Kier molecular flexibility index (Phi) is 4.94. The second-order valence-corrected chi connectivity index (χ2v) is 7.02. The summed E-state index contributed by atoms with van der Waals surface area (Å²) in [5.74, 6) is 0.0117. The van der Waals surface area contributed by atoms with E-state index in [9.17, 15) is 9.59 Å². The molecular weight excluding hydrogens is 322 g/mol. The minimum absolute atomic E-state index is 0.0113. The zero-order chi connectivity index (χ0) is 17.1. The minimum Gasteiger partial charge on any atom is -0.351 e. The van der Waals surface area contributed by atoms with E-state index in [4.69, 9.17) is 0 Å². The molecule has 1 N–H and O–H groups in total. The second kappa shape index (κ2) is 7.13. The lowest BCUT2D eigenvalue weighted by Gasteiger charge is -2.24. The van der Waals surface area contributed by atoms with Crippen molar-refractivity contribution in [3.05, 3.63) is 51.5 Å². The van der Waals surface area contributed by atoms with Crippen LogP contribution >= 0.6 is 11.3 Å². The lowest BCUT2D eigenvalue weighted by molar-refractivity contribution is -0.119. The number of hydrogen-bond acceptors (Lipinski definition) is 4. The third kappa shape index (κ3) is 3.64. The Balaban J connectivity index is 1.79. The first-order valence-electron chi connectivity index (χ1n) is 8.11. The molecule has 0 bridgehead atoms. The fourth-order valence-electron chi connectivity index (χ4n) is 3.00. The molecule has 0 radical (unpaired) electrons. The summed E-state index contributed by atoms with van der Waals surface area (Å²) in [6.45, 7) is 4.66. The highest BCUT2D eigenvalue weighted by atomic mass is 32.1. The molecule has 5 nitrogen and oxygen atoms in total. The molecule has 1 aliphatic heterocycles. The summed E-state index contributed by atoms with van der Waals surface area (Å²) in [7, 11) is 0. The standard InChI is InChI=1S/C18H21N3O2S/c1-12-9-17(24-11-12)18(23)21-8-4-7-16(21)15-6-3-5-14(20-15)10-19-13(2)22/h3,5-6,9,11,16H,4,7-8,10H2,1-2H3,(H,19,22)/t16-/m1/s1.